The molecule has 0 aliphatic carbocycles. The van der Waals surface area contributed by atoms with Gasteiger partial charge in [-0.25, -0.2) is 4.98 Å². The number of hydrogen-bond acceptors (Lipinski definition) is 6. The van der Waals surface area contributed by atoms with Crippen molar-refractivity contribution in [2.24, 2.45) is 0 Å². The lowest BCUT2D eigenvalue weighted by Crippen LogP contribution is -2.16. The zero-order valence-electron chi connectivity index (χ0n) is 13.8. The summed E-state index contributed by atoms with van der Waals surface area (Å²) >= 11 is 1.39. The summed E-state index contributed by atoms with van der Waals surface area (Å²) < 4.78 is 8.54. The molecule has 0 aliphatic heterocycles. The molecule has 3 aromatic rings. The summed E-state index contributed by atoms with van der Waals surface area (Å²) in [6, 6.07) is 3.36. The van der Waals surface area contributed by atoms with Crippen molar-refractivity contribution >= 4 is 22.3 Å². The molecule has 0 saturated carbocycles. The molecule has 0 N–H and O–H groups in total. The zero-order chi connectivity index (χ0) is 17.3. The maximum absolute atomic E-state index is 12.1. The van der Waals surface area contributed by atoms with Crippen LogP contribution in [0.1, 0.15) is 29.2 Å². The number of carbonyl (C=O) groups excluding carboxylic acids is 1. The van der Waals surface area contributed by atoms with E-state index in [1.807, 2.05) is 32.2 Å². The number of aryl methyl sites for hydroxylation is 4. The van der Waals surface area contributed by atoms with Crippen LogP contribution in [0.2, 0.25) is 0 Å². The molecule has 0 radical (unpaired) electrons. The fourth-order valence-corrected chi connectivity index (χ4v) is 3.39. The lowest BCUT2D eigenvalue weighted by molar-refractivity contribution is -0.145. The first-order valence-electron chi connectivity index (χ1n) is 7.57. The van der Waals surface area contributed by atoms with Crippen LogP contribution >= 0.6 is 11.3 Å². The van der Waals surface area contributed by atoms with Crippen molar-refractivity contribution in [2.45, 2.75) is 40.3 Å². The van der Waals surface area contributed by atoms with Crippen LogP contribution in [0.15, 0.2) is 22.3 Å². The van der Waals surface area contributed by atoms with Gasteiger partial charge in [0, 0.05) is 22.8 Å². The van der Waals surface area contributed by atoms with E-state index >= 15 is 0 Å². The number of ether oxygens (including phenoxy) is 1. The van der Waals surface area contributed by atoms with E-state index < -0.39 is 0 Å². The highest BCUT2D eigenvalue weighted by Gasteiger charge is 2.10. The molecule has 8 heteroatoms. The van der Waals surface area contributed by atoms with Gasteiger partial charge in [0.25, 0.3) is 5.56 Å². The topological polar surface area (TPSA) is 78.5 Å². The van der Waals surface area contributed by atoms with Crippen LogP contribution in [-0.4, -0.2) is 25.1 Å². The number of hydrogen-bond donors (Lipinski definition) is 0. The summed E-state index contributed by atoms with van der Waals surface area (Å²) in [7, 11) is 0. The van der Waals surface area contributed by atoms with Crippen LogP contribution in [0.5, 0.6) is 0 Å². The van der Waals surface area contributed by atoms with Gasteiger partial charge in [-0.1, -0.05) is 0 Å². The van der Waals surface area contributed by atoms with E-state index in [2.05, 4.69) is 10.1 Å². The van der Waals surface area contributed by atoms with Gasteiger partial charge in [-0.3, -0.25) is 18.7 Å². The smallest absolute Gasteiger partial charge is 0.308 e. The van der Waals surface area contributed by atoms with E-state index in [0.29, 0.717) is 17.2 Å². The predicted molar refractivity (Wildman–Crippen MR) is 90.2 cm³/mol. The Kier molecular flexibility index (Phi) is 4.48. The molecule has 0 atom stereocenters. The summed E-state index contributed by atoms with van der Waals surface area (Å²) in [6.45, 7) is 6.18. The molecule has 3 aromatic heterocycles. The van der Waals surface area contributed by atoms with Gasteiger partial charge < -0.3 is 4.74 Å². The quantitative estimate of drug-likeness (QED) is 0.660. The molecule has 0 aliphatic rings. The predicted octanol–water partition coefficient (Wildman–Crippen LogP) is 2.01. The first kappa shape index (κ1) is 16.4. The van der Waals surface area contributed by atoms with Crippen molar-refractivity contribution in [3.8, 4) is 0 Å². The van der Waals surface area contributed by atoms with E-state index in [4.69, 9.17) is 4.74 Å². The van der Waals surface area contributed by atoms with Gasteiger partial charge >= 0.3 is 5.97 Å². The number of thiazole rings is 1. The third kappa shape index (κ3) is 3.38. The van der Waals surface area contributed by atoms with Gasteiger partial charge in [0.05, 0.1) is 24.4 Å². The molecule has 3 rings (SSSR count). The monoisotopic (exact) mass is 346 g/mol. The second-order valence-electron chi connectivity index (χ2n) is 5.64. The Labute approximate surface area is 142 Å². The van der Waals surface area contributed by atoms with E-state index in [-0.39, 0.29) is 24.6 Å². The number of nitrogens with zero attached hydrogens (tertiary/aromatic N) is 4. The normalized spacial score (nSPS) is 11.1. The van der Waals surface area contributed by atoms with Gasteiger partial charge in [-0.15, -0.1) is 11.3 Å². The molecule has 0 saturated heterocycles. The van der Waals surface area contributed by atoms with E-state index in [1.54, 1.807) is 9.08 Å². The number of fused-ring (bicyclic) bond motifs is 1. The lowest BCUT2D eigenvalue weighted by atomic mass is 10.4. The molecule has 0 fully saturated rings. The summed E-state index contributed by atoms with van der Waals surface area (Å²) in [4.78, 5) is 28.9. The molecule has 0 bridgehead atoms. The highest BCUT2D eigenvalue weighted by Crippen LogP contribution is 2.12. The zero-order valence-corrected chi connectivity index (χ0v) is 14.6. The Morgan fingerprint density at radius 1 is 1.25 bits per heavy atom. The highest BCUT2D eigenvalue weighted by atomic mass is 32.1. The summed E-state index contributed by atoms with van der Waals surface area (Å²) in [5.41, 5.74) is 3.08. The van der Waals surface area contributed by atoms with Crippen molar-refractivity contribution in [1.82, 2.24) is 19.2 Å². The van der Waals surface area contributed by atoms with Crippen LogP contribution in [0.25, 0.3) is 4.96 Å². The number of esters is 1. The average molecular weight is 346 g/mol. The summed E-state index contributed by atoms with van der Waals surface area (Å²) in [5, 5.41) is 6.17. The molecule has 0 aromatic carbocycles. The first-order valence-corrected chi connectivity index (χ1v) is 8.45. The highest BCUT2D eigenvalue weighted by molar-refractivity contribution is 7.15. The first-order chi connectivity index (χ1) is 11.4. The molecule has 24 heavy (non-hydrogen) atoms. The minimum Gasteiger partial charge on any atom is -0.459 e. The van der Waals surface area contributed by atoms with Gasteiger partial charge in [-0.05, 0) is 26.8 Å². The SMILES string of the molecule is Cc1cc(C)n(CCC(=O)OCc2cc(=O)n3c(C)csc3n2)n1. The standard InChI is InChI=1S/C16H18N4O3S/c1-10-6-11(2)19(18-10)5-4-15(22)23-8-13-7-14(21)20-12(3)9-24-16(20)17-13/h6-7,9H,4-5,8H2,1-3H3. The molecule has 126 valence electrons. The second-order valence-corrected chi connectivity index (χ2v) is 6.48. The van der Waals surface area contributed by atoms with Crippen molar-refractivity contribution in [1.29, 1.82) is 0 Å². The lowest BCUT2D eigenvalue weighted by Gasteiger charge is -2.06. The fraction of sp³-hybridized carbons (Fsp3) is 0.375. The molecule has 0 spiro atoms. The third-order valence-electron chi connectivity index (χ3n) is 3.64. The number of rotatable bonds is 5. The minimum absolute atomic E-state index is 0.00135. The van der Waals surface area contributed by atoms with E-state index in [0.717, 1.165) is 17.1 Å². The van der Waals surface area contributed by atoms with Gasteiger partial charge in [0.2, 0.25) is 0 Å². The Bertz CT molecular complexity index is 954. The van der Waals surface area contributed by atoms with Gasteiger partial charge in [-0.2, -0.15) is 5.10 Å². The molecule has 0 amide bonds. The van der Waals surface area contributed by atoms with Crippen molar-refractivity contribution in [3.05, 3.63) is 50.6 Å². The maximum Gasteiger partial charge on any atom is 0.308 e. The van der Waals surface area contributed by atoms with Crippen LogP contribution in [-0.2, 0) is 22.7 Å². The second kappa shape index (κ2) is 6.56. The number of carbonyl (C=O) groups is 1. The molecular weight excluding hydrogens is 328 g/mol. The molecule has 0 unspecified atom stereocenters. The van der Waals surface area contributed by atoms with E-state index in [1.165, 1.54) is 17.4 Å². The van der Waals surface area contributed by atoms with Crippen LogP contribution in [0, 0.1) is 20.8 Å². The fourth-order valence-electron chi connectivity index (χ4n) is 2.50. The minimum atomic E-state index is -0.341. The average Bonchev–Trinajstić information content (AvgIpc) is 3.05. The van der Waals surface area contributed by atoms with Crippen LogP contribution < -0.4 is 5.56 Å². The van der Waals surface area contributed by atoms with E-state index in [9.17, 15) is 9.59 Å². The maximum atomic E-state index is 12.1. The van der Waals surface area contributed by atoms with Crippen LogP contribution in [0.4, 0.5) is 0 Å². The number of aromatic nitrogens is 4. The Hall–Kier alpha value is -2.48. The molecular formula is C16H18N4O3S. The Morgan fingerprint density at radius 2 is 2.04 bits per heavy atom. The van der Waals surface area contributed by atoms with Crippen molar-refractivity contribution in [2.75, 3.05) is 0 Å². The van der Waals surface area contributed by atoms with Gasteiger partial charge in [0.15, 0.2) is 4.96 Å². The van der Waals surface area contributed by atoms with Crippen LogP contribution in [0.3, 0.4) is 0 Å². The van der Waals surface area contributed by atoms with Crippen molar-refractivity contribution < 1.29 is 9.53 Å². The Balaban J connectivity index is 1.60. The van der Waals surface area contributed by atoms with Gasteiger partial charge in [0.1, 0.15) is 6.61 Å². The largest absolute Gasteiger partial charge is 0.459 e. The Morgan fingerprint density at radius 3 is 2.75 bits per heavy atom. The summed E-state index contributed by atoms with van der Waals surface area (Å²) in [6.07, 6.45) is 0.224. The molecule has 7 nitrogen and oxygen atoms in total. The van der Waals surface area contributed by atoms with Crippen molar-refractivity contribution in [3.63, 3.8) is 0 Å². The third-order valence-corrected chi connectivity index (χ3v) is 4.58. The summed E-state index contributed by atoms with van der Waals surface area (Å²) in [5.74, 6) is -0.341. The molecule has 3 heterocycles.